The van der Waals surface area contributed by atoms with Gasteiger partial charge in [-0.05, 0) is 29.6 Å². The first-order chi connectivity index (χ1) is 7.74. The average Bonchev–Trinajstić information content (AvgIpc) is 2.82. The summed E-state index contributed by atoms with van der Waals surface area (Å²) in [5, 5.41) is 3.26. The molecule has 3 nitrogen and oxygen atoms in total. The molecule has 0 bridgehead atoms. The molecule has 0 saturated carbocycles. The summed E-state index contributed by atoms with van der Waals surface area (Å²) in [5.41, 5.74) is 8.10. The van der Waals surface area contributed by atoms with Gasteiger partial charge >= 0.3 is 0 Å². The second-order valence-electron chi connectivity index (χ2n) is 3.33. The van der Waals surface area contributed by atoms with E-state index in [4.69, 9.17) is 21.8 Å². The highest BCUT2D eigenvalue weighted by atomic mass is 35.5. The fourth-order valence-electron chi connectivity index (χ4n) is 1.51. The normalized spacial score (nSPS) is 11.1. The summed E-state index contributed by atoms with van der Waals surface area (Å²) in [7, 11) is 0. The molecular formula is C11H7ClN2OS. The molecular weight excluding hydrogens is 244 g/mol. The third-order valence-electron chi connectivity index (χ3n) is 2.28. The summed E-state index contributed by atoms with van der Waals surface area (Å²) in [4.78, 5) is 4.35. The number of nitrogen functional groups attached to an aromatic ring is 1. The summed E-state index contributed by atoms with van der Waals surface area (Å²) in [6, 6.07) is 7.24. The van der Waals surface area contributed by atoms with Crippen LogP contribution in [0.2, 0.25) is 5.02 Å². The molecule has 1 aromatic carbocycles. The van der Waals surface area contributed by atoms with Crippen molar-refractivity contribution in [1.29, 1.82) is 0 Å². The van der Waals surface area contributed by atoms with Crippen LogP contribution >= 0.6 is 22.9 Å². The zero-order valence-electron chi connectivity index (χ0n) is 8.11. The van der Waals surface area contributed by atoms with Gasteiger partial charge in [0.1, 0.15) is 5.52 Å². The number of aromatic nitrogens is 1. The van der Waals surface area contributed by atoms with Gasteiger partial charge in [0.05, 0.1) is 10.6 Å². The third-order valence-corrected chi connectivity index (χ3v) is 3.26. The summed E-state index contributed by atoms with van der Waals surface area (Å²) >= 11 is 7.34. The van der Waals surface area contributed by atoms with Crippen LogP contribution in [0.25, 0.3) is 22.6 Å². The maximum atomic E-state index is 5.88. The number of halogens is 1. The summed E-state index contributed by atoms with van der Waals surface area (Å²) < 4.78 is 5.61. The molecule has 0 unspecified atom stereocenters. The molecule has 3 aromatic rings. The highest BCUT2D eigenvalue weighted by Crippen LogP contribution is 2.32. The van der Waals surface area contributed by atoms with Crippen molar-refractivity contribution in [3.8, 4) is 11.5 Å². The fraction of sp³-hybridized carbons (Fsp3) is 0. The molecule has 0 saturated heterocycles. The van der Waals surface area contributed by atoms with Crippen molar-refractivity contribution in [3.63, 3.8) is 0 Å². The van der Waals surface area contributed by atoms with Gasteiger partial charge in [0.15, 0.2) is 5.58 Å². The van der Waals surface area contributed by atoms with E-state index in [1.165, 1.54) is 11.3 Å². The quantitative estimate of drug-likeness (QED) is 0.715. The Bertz CT molecular complexity index is 659. The van der Waals surface area contributed by atoms with Crippen molar-refractivity contribution in [2.45, 2.75) is 0 Å². The number of hydrogen-bond donors (Lipinski definition) is 1. The highest BCUT2D eigenvalue weighted by molar-refractivity contribution is 7.14. The molecule has 5 heteroatoms. The number of anilines is 1. The van der Waals surface area contributed by atoms with E-state index in [2.05, 4.69) is 4.98 Å². The summed E-state index contributed by atoms with van der Waals surface area (Å²) in [6.45, 7) is 0. The number of rotatable bonds is 1. The van der Waals surface area contributed by atoms with Gasteiger partial charge in [0.2, 0.25) is 5.89 Å². The Balaban J connectivity index is 2.23. The van der Waals surface area contributed by atoms with Crippen LogP contribution in [0.4, 0.5) is 5.00 Å². The molecule has 16 heavy (non-hydrogen) atoms. The Morgan fingerprint density at radius 2 is 2.19 bits per heavy atom. The minimum Gasteiger partial charge on any atom is -0.436 e. The smallest absolute Gasteiger partial charge is 0.230 e. The SMILES string of the molecule is Nc1sccc1-c1nc2cc(Cl)ccc2o1. The van der Waals surface area contributed by atoms with Crippen LogP contribution in [0.3, 0.4) is 0 Å². The highest BCUT2D eigenvalue weighted by Gasteiger charge is 2.11. The first-order valence-corrected chi connectivity index (χ1v) is 5.89. The summed E-state index contributed by atoms with van der Waals surface area (Å²) in [6.07, 6.45) is 0. The number of nitrogens with zero attached hydrogens (tertiary/aromatic N) is 1. The van der Waals surface area contributed by atoms with Crippen molar-refractivity contribution < 1.29 is 4.42 Å². The fourth-order valence-corrected chi connectivity index (χ4v) is 2.31. The van der Waals surface area contributed by atoms with Gasteiger partial charge in [0, 0.05) is 5.02 Å². The van der Waals surface area contributed by atoms with Crippen molar-refractivity contribution in [2.24, 2.45) is 0 Å². The van der Waals surface area contributed by atoms with Gasteiger partial charge in [-0.2, -0.15) is 0 Å². The molecule has 3 rings (SSSR count). The van der Waals surface area contributed by atoms with Crippen molar-refractivity contribution >= 4 is 39.0 Å². The molecule has 0 aliphatic rings. The second kappa shape index (κ2) is 3.50. The van der Waals surface area contributed by atoms with Crippen molar-refractivity contribution in [3.05, 3.63) is 34.7 Å². The Labute approximate surface area is 100 Å². The molecule has 0 amide bonds. The standard InChI is InChI=1S/C11H7ClN2OS/c12-6-1-2-9-8(5-6)14-11(15-9)7-3-4-16-10(7)13/h1-5H,13H2. The predicted molar refractivity (Wildman–Crippen MR) is 66.7 cm³/mol. The number of oxazole rings is 1. The Morgan fingerprint density at radius 3 is 2.94 bits per heavy atom. The Kier molecular flexibility index (Phi) is 2.12. The van der Waals surface area contributed by atoms with E-state index in [0.717, 1.165) is 11.1 Å². The Hall–Kier alpha value is -1.52. The monoisotopic (exact) mass is 250 g/mol. The van der Waals surface area contributed by atoms with Crippen molar-refractivity contribution in [2.75, 3.05) is 5.73 Å². The maximum Gasteiger partial charge on any atom is 0.230 e. The van der Waals surface area contributed by atoms with Gasteiger partial charge < -0.3 is 10.2 Å². The van der Waals surface area contributed by atoms with Gasteiger partial charge in [0.25, 0.3) is 0 Å². The third kappa shape index (κ3) is 1.47. The maximum absolute atomic E-state index is 5.88. The van der Waals surface area contributed by atoms with Crippen LogP contribution in [0, 0.1) is 0 Å². The van der Waals surface area contributed by atoms with E-state index in [0.29, 0.717) is 21.5 Å². The van der Waals surface area contributed by atoms with E-state index >= 15 is 0 Å². The van der Waals surface area contributed by atoms with Crippen LogP contribution in [-0.4, -0.2) is 4.98 Å². The second-order valence-corrected chi connectivity index (χ2v) is 4.71. The molecule has 0 atom stereocenters. The average molecular weight is 251 g/mol. The molecule has 0 radical (unpaired) electrons. The first kappa shape index (κ1) is 9.69. The molecule has 0 aliphatic carbocycles. The number of nitrogens with two attached hydrogens (primary N) is 1. The van der Waals surface area contributed by atoms with E-state index < -0.39 is 0 Å². The van der Waals surface area contributed by atoms with Crippen LogP contribution in [0.1, 0.15) is 0 Å². The molecule has 0 spiro atoms. The topological polar surface area (TPSA) is 52.0 Å². The first-order valence-electron chi connectivity index (χ1n) is 4.63. The van der Waals surface area contributed by atoms with E-state index in [9.17, 15) is 0 Å². The van der Waals surface area contributed by atoms with Crippen LogP contribution in [0.5, 0.6) is 0 Å². The van der Waals surface area contributed by atoms with Gasteiger partial charge in [-0.3, -0.25) is 0 Å². The van der Waals surface area contributed by atoms with E-state index in [1.54, 1.807) is 18.2 Å². The molecule has 2 heterocycles. The molecule has 2 aromatic heterocycles. The van der Waals surface area contributed by atoms with Gasteiger partial charge in [-0.1, -0.05) is 11.6 Å². The van der Waals surface area contributed by atoms with Gasteiger partial charge in [-0.15, -0.1) is 11.3 Å². The lowest BCUT2D eigenvalue weighted by atomic mass is 10.3. The van der Waals surface area contributed by atoms with E-state index in [-0.39, 0.29) is 0 Å². The van der Waals surface area contributed by atoms with E-state index in [1.807, 2.05) is 11.4 Å². The number of benzene rings is 1. The predicted octanol–water partition coefficient (Wildman–Crippen LogP) is 3.79. The number of hydrogen-bond acceptors (Lipinski definition) is 4. The number of fused-ring (bicyclic) bond motifs is 1. The molecule has 80 valence electrons. The molecule has 2 N–H and O–H groups in total. The lowest BCUT2D eigenvalue weighted by Crippen LogP contribution is -1.82. The Morgan fingerprint density at radius 1 is 1.31 bits per heavy atom. The van der Waals surface area contributed by atoms with Crippen LogP contribution in [0.15, 0.2) is 34.1 Å². The van der Waals surface area contributed by atoms with Crippen LogP contribution < -0.4 is 5.73 Å². The largest absolute Gasteiger partial charge is 0.436 e. The lowest BCUT2D eigenvalue weighted by molar-refractivity contribution is 0.620. The number of thiophene rings is 1. The van der Waals surface area contributed by atoms with Crippen molar-refractivity contribution in [1.82, 2.24) is 4.98 Å². The summed E-state index contributed by atoms with van der Waals surface area (Å²) in [5.74, 6) is 0.538. The van der Waals surface area contributed by atoms with Crippen LogP contribution in [-0.2, 0) is 0 Å². The molecule has 0 aliphatic heterocycles. The van der Waals surface area contributed by atoms with Gasteiger partial charge in [-0.25, -0.2) is 4.98 Å². The minimum absolute atomic E-state index is 0.538. The minimum atomic E-state index is 0.538. The molecule has 0 fully saturated rings. The zero-order valence-corrected chi connectivity index (χ0v) is 9.68. The lowest BCUT2D eigenvalue weighted by Gasteiger charge is -1.90. The zero-order chi connectivity index (χ0) is 11.1.